The predicted molar refractivity (Wildman–Crippen MR) is 83.1 cm³/mol. The number of piperidine rings is 1. The van der Waals surface area contributed by atoms with Crippen molar-refractivity contribution in [1.29, 1.82) is 0 Å². The molecule has 0 spiro atoms. The smallest absolute Gasteiger partial charge is 0.185 e. The van der Waals surface area contributed by atoms with Gasteiger partial charge < -0.3 is 15.1 Å². The third kappa shape index (κ3) is 3.91. The molecule has 1 aliphatic heterocycles. The lowest BCUT2D eigenvalue weighted by molar-refractivity contribution is 0.285. The van der Waals surface area contributed by atoms with Crippen LogP contribution in [-0.2, 0) is 6.54 Å². The zero-order chi connectivity index (χ0) is 13.8. The highest BCUT2D eigenvalue weighted by atomic mass is 32.1. The maximum absolute atomic E-state index is 4.73. The SMILES string of the molecule is CNCc1sc(N2CCC(CN(C)C)CC2)nc1C. The lowest BCUT2D eigenvalue weighted by atomic mass is 9.97. The number of nitrogens with zero attached hydrogens (tertiary/aromatic N) is 3. The highest BCUT2D eigenvalue weighted by Gasteiger charge is 2.22. The van der Waals surface area contributed by atoms with Crippen LogP contribution in [0.5, 0.6) is 0 Å². The van der Waals surface area contributed by atoms with Crippen LogP contribution in [0.1, 0.15) is 23.4 Å². The van der Waals surface area contributed by atoms with Gasteiger partial charge in [0.2, 0.25) is 0 Å². The fourth-order valence-electron chi connectivity index (χ4n) is 2.70. The molecule has 0 aliphatic carbocycles. The Kier molecular flexibility index (Phi) is 5.19. The van der Waals surface area contributed by atoms with Crippen LogP contribution in [0.2, 0.25) is 0 Å². The van der Waals surface area contributed by atoms with E-state index in [0.29, 0.717) is 0 Å². The number of rotatable bonds is 5. The molecule has 0 atom stereocenters. The molecule has 1 aromatic heterocycles. The fraction of sp³-hybridized carbons (Fsp3) is 0.786. The van der Waals surface area contributed by atoms with E-state index in [4.69, 9.17) is 4.98 Å². The number of hydrogen-bond donors (Lipinski definition) is 1. The lowest BCUT2D eigenvalue weighted by Crippen LogP contribution is -2.37. The van der Waals surface area contributed by atoms with Gasteiger partial charge in [0.15, 0.2) is 5.13 Å². The zero-order valence-corrected chi connectivity index (χ0v) is 13.4. The van der Waals surface area contributed by atoms with Gasteiger partial charge in [-0.1, -0.05) is 0 Å². The Labute approximate surface area is 120 Å². The van der Waals surface area contributed by atoms with Gasteiger partial charge in [0.1, 0.15) is 0 Å². The van der Waals surface area contributed by atoms with Crippen molar-refractivity contribution >= 4 is 16.5 Å². The highest BCUT2D eigenvalue weighted by Crippen LogP contribution is 2.29. The number of thiazole rings is 1. The van der Waals surface area contributed by atoms with Crippen LogP contribution in [0.25, 0.3) is 0 Å². The first kappa shape index (κ1) is 14.8. The van der Waals surface area contributed by atoms with Crippen LogP contribution in [-0.4, -0.2) is 50.7 Å². The molecule has 1 N–H and O–H groups in total. The summed E-state index contributed by atoms with van der Waals surface area (Å²) < 4.78 is 0. The summed E-state index contributed by atoms with van der Waals surface area (Å²) in [6.45, 7) is 6.58. The summed E-state index contributed by atoms with van der Waals surface area (Å²) in [5, 5.41) is 4.43. The van der Waals surface area contributed by atoms with Gasteiger partial charge in [-0.05, 0) is 46.8 Å². The third-order valence-corrected chi connectivity index (χ3v) is 4.95. The van der Waals surface area contributed by atoms with Crippen molar-refractivity contribution in [1.82, 2.24) is 15.2 Å². The minimum absolute atomic E-state index is 0.851. The molecule has 2 heterocycles. The third-order valence-electron chi connectivity index (χ3n) is 3.73. The molecule has 0 unspecified atom stereocenters. The second-order valence-electron chi connectivity index (χ2n) is 5.73. The Bertz CT molecular complexity index is 394. The number of nitrogens with one attached hydrogen (secondary N) is 1. The van der Waals surface area contributed by atoms with Gasteiger partial charge in [0, 0.05) is 31.1 Å². The van der Waals surface area contributed by atoms with Crippen LogP contribution in [0.3, 0.4) is 0 Å². The molecule has 2 rings (SSSR count). The van der Waals surface area contributed by atoms with E-state index >= 15 is 0 Å². The van der Waals surface area contributed by atoms with Gasteiger partial charge in [-0.2, -0.15) is 0 Å². The first-order chi connectivity index (χ1) is 9.10. The molecular weight excluding hydrogens is 256 g/mol. The Balaban J connectivity index is 1.92. The van der Waals surface area contributed by atoms with E-state index < -0.39 is 0 Å². The average molecular weight is 282 g/mol. The molecule has 0 saturated carbocycles. The zero-order valence-electron chi connectivity index (χ0n) is 12.6. The number of aromatic nitrogens is 1. The maximum atomic E-state index is 4.73. The molecule has 5 heteroatoms. The van der Waals surface area contributed by atoms with Crippen LogP contribution >= 0.6 is 11.3 Å². The van der Waals surface area contributed by atoms with Crippen LogP contribution in [0.15, 0.2) is 0 Å². The van der Waals surface area contributed by atoms with Crippen molar-refractivity contribution in [3.05, 3.63) is 10.6 Å². The Morgan fingerprint density at radius 3 is 2.63 bits per heavy atom. The van der Waals surface area contributed by atoms with E-state index in [0.717, 1.165) is 25.6 Å². The van der Waals surface area contributed by atoms with Gasteiger partial charge in [-0.15, -0.1) is 11.3 Å². The van der Waals surface area contributed by atoms with Crippen molar-refractivity contribution < 1.29 is 0 Å². The highest BCUT2D eigenvalue weighted by molar-refractivity contribution is 7.15. The largest absolute Gasteiger partial charge is 0.348 e. The normalized spacial score (nSPS) is 17.4. The second-order valence-corrected chi connectivity index (χ2v) is 6.79. The summed E-state index contributed by atoms with van der Waals surface area (Å²) in [7, 11) is 6.33. The van der Waals surface area contributed by atoms with Gasteiger partial charge in [-0.3, -0.25) is 0 Å². The second kappa shape index (κ2) is 6.68. The van der Waals surface area contributed by atoms with Crippen LogP contribution in [0.4, 0.5) is 5.13 Å². The van der Waals surface area contributed by atoms with E-state index in [1.54, 1.807) is 0 Å². The molecule has 1 saturated heterocycles. The minimum atomic E-state index is 0.851. The monoisotopic (exact) mass is 282 g/mol. The van der Waals surface area contributed by atoms with Crippen molar-refractivity contribution in [2.45, 2.75) is 26.3 Å². The van der Waals surface area contributed by atoms with Crippen molar-refractivity contribution in [3.8, 4) is 0 Å². The van der Waals surface area contributed by atoms with Crippen molar-refractivity contribution in [2.75, 3.05) is 45.7 Å². The summed E-state index contributed by atoms with van der Waals surface area (Å²) in [5.41, 5.74) is 1.18. The quantitative estimate of drug-likeness (QED) is 0.894. The van der Waals surface area contributed by atoms with Gasteiger partial charge in [0.25, 0.3) is 0 Å². The topological polar surface area (TPSA) is 31.4 Å². The Morgan fingerprint density at radius 1 is 1.37 bits per heavy atom. The van der Waals surface area contributed by atoms with Gasteiger partial charge >= 0.3 is 0 Å². The van der Waals surface area contributed by atoms with E-state index in [9.17, 15) is 0 Å². The summed E-state index contributed by atoms with van der Waals surface area (Å²) >= 11 is 1.85. The van der Waals surface area contributed by atoms with Gasteiger partial charge in [-0.25, -0.2) is 4.98 Å². The lowest BCUT2D eigenvalue weighted by Gasteiger charge is -2.33. The Hall–Kier alpha value is -0.650. The molecule has 0 amide bonds. The summed E-state index contributed by atoms with van der Waals surface area (Å²) in [6.07, 6.45) is 2.58. The number of aryl methyl sites for hydroxylation is 1. The first-order valence-electron chi connectivity index (χ1n) is 7.10. The molecule has 0 radical (unpaired) electrons. The van der Waals surface area contributed by atoms with Gasteiger partial charge in [0.05, 0.1) is 5.69 Å². The Morgan fingerprint density at radius 2 is 2.05 bits per heavy atom. The molecule has 0 aromatic carbocycles. The molecule has 108 valence electrons. The van der Waals surface area contributed by atoms with Crippen LogP contribution < -0.4 is 10.2 Å². The standard InChI is InChI=1S/C14H26N4S/c1-11-13(9-15-2)19-14(16-11)18-7-5-12(6-8-18)10-17(3)4/h12,15H,5-10H2,1-4H3. The maximum Gasteiger partial charge on any atom is 0.185 e. The fourth-order valence-corrected chi connectivity index (χ4v) is 3.82. The first-order valence-corrected chi connectivity index (χ1v) is 7.92. The van der Waals surface area contributed by atoms with Crippen molar-refractivity contribution in [2.24, 2.45) is 5.92 Å². The summed E-state index contributed by atoms with van der Waals surface area (Å²) in [5.74, 6) is 0.851. The average Bonchev–Trinajstić information content (AvgIpc) is 2.72. The molecule has 4 nitrogen and oxygen atoms in total. The van der Waals surface area contributed by atoms with Crippen molar-refractivity contribution in [3.63, 3.8) is 0 Å². The summed E-state index contributed by atoms with van der Waals surface area (Å²) in [4.78, 5) is 10.9. The molecule has 1 fully saturated rings. The van der Waals surface area contributed by atoms with Crippen LogP contribution in [0, 0.1) is 12.8 Å². The molecule has 19 heavy (non-hydrogen) atoms. The number of hydrogen-bond acceptors (Lipinski definition) is 5. The van der Waals surface area contributed by atoms with E-state index in [-0.39, 0.29) is 0 Å². The summed E-state index contributed by atoms with van der Waals surface area (Å²) in [6, 6.07) is 0. The number of anilines is 1. The molecule has 1 aliphatic rings. The molecule has 0 bridgehead atoms. The predicted octanol–water partition coefficient (Wildman–Crippen LogP) is 1.95. The van der Waals surface area contributed by atoms with E-state index in [1.807, 2.05) is 18.4 Å². The minimum Gasteiger partial charge on any atom is -0.348 e. The molecular formula is C14H26N4S. The molecule has 1 aromatic rings. The van der Waals surface area contributed by atoms with E-state index in [1.165, 1.54) is 35.1 Å². The van der Waals surface area contributed by atoms with E-state index in [2.05, 4.69) is 36.1 Å².